The van der Waals surface area contributed by atoms with Crippen LogP contribution in [0.2, 0.25) is 0 Å². The summed E-state index contributed by atoms with van der Waals surface area (Å²) in [5.41, 5.74) is 4.37. The number of hydrogen-bond acceptors (Lipinski definition) is 2. The highest BCUT2D eigenvalue weighted by molar-refractivity contribution is 5.30. The highest BCUT2D eigenvalue weighted by Crippen LogP contribution is 2.21. The fraction of sp³-hybridized carbons (Fsp3) is 0.600. The van der Waals surface area contributed by atoms with Crippen molar-refractivity contribution >= 4 is 0 Å². The molecule has 0 unspecified atom stereocenters. The molecule has 0 bridgehead atoms. The minimum Gasteiger partial charge on any atom is -0.381 e. The lowest BCUT2D eigenvalue weighted by Gasteiger charge is -2.35. The molecule has 1 aliphatic heterocycles. The van der Waals surface area contributed by atoms with E-state index in [1.807, 2.05) is 0 Å². The molecule has 1 aliphatic rings. The lowest BCUT2D eigenvalue weighted by molar-refractivity contribution is 0.0446. The molecule has 0 atom stereocenters. The van der Waals surface area contributed by atoms with Crippen LogP contribution in [-0.2, 0) is 11.3 Å². The molecule has 2 rings (SSSR count). The Hall–Kier alpha value is -0.860. The number of ether oxygens (including phenoxy) is 1. The Morgan fingerprint density at radius 3 is 2.59 bits per heavy atom. The summed E-state index contributed by atoms with van der Waals surface area (Å²) in [7, 11) is 0. The van der Waals surface area contributed by atoms with Gasteiger partial charge in [0.15, 0.2) is 0 Å². The molecule has 1 aromatic rings. The standard InChI is InChI=1S/C15H23NO/c1-12-4-5-14(13(2)10-12)11-16-15(3)6-8-17-9-7-15/h4-5,10,16H,6-9,11H2,1-3H3. The van der Waals surface area contributed by atoms with Gasteiger partial charge in [0.2, 0.25) is 0 Å². The molecular weight excluding hydrogens is 210 g/mol. The first-order chi connectivity index (χ1) is 8.09. The molecule has 1 heterocycles. The van der Waals surface area contributed by atoms with Crippen LogP contribution < -0.4 is 5.32 Å². The molecule has 0 aliphatic carbocycles. The number of aryl methyl sites for hydroxylation is 2. The molecule has 17 heavy (non-hydrogen) atoms. The van der Waals surface area contributed by atoms with E-state index in [4.69, 9.17) is 4.74 Å². The van der Waals surface area contributed by atoms with Gasteiger partial charge in [-0.2, -0.15) is 0 Å². The fourth-order valence-corrected chi connectivity index (χ4v) is 2.35. The Bertz CT molecular complexity index is 381. The first-order valence-corrected chi connectivity index (χ1v) is 6.48. The third-order valence-corrected chi connectivity index (χ3v) is 3.80. The quantitative estimate of drug-likeness (QED) is 0.866. The van der Waals surface area contributed by atoms with Gasteiger partial charge in [-0.25, -0.2) is 0 Å². The average Bonchev–Trinajstić information content (AvgIpc) is 2.29. The molecule has 1 saturated heterocycles. The number of nitrogens with one attached hydrogen (secondary N) is 1. The molecule has 0 spiro atoms. The molecule has 1 aromatic carbocycles. The molecule has 0 aromatic heterocycles. The van der Waals surface area contributed by atoms with Crippen LogP contribution in [0.15, 0.2) is 18.2 Å². The van der Waals surface area contributed by atoms with E-state index in [9.17, 15) is 0 Å². The second kappa shape index (κ2) is 5.19. The van der Waals surface area contributed by atoms with Gasteiger partial charge in [0, 0.05) is 25.3 Å². The summed E-state index contributed by atoms with van der Waals surface area (Å²) in [6.45, 7) is 9.37. The van der Waals surface area contributed by atoms with E-state index in [2.05, 4.69) is 44.3 Å². The molecule has 1 N–H and O–H groups in total. The predicted octanol–water partition coefficient (Wildman–Crippen LogP) is 2.96. The fourth-order valence-electron chi connectivity index (χ4n) is 2.35. The second-order valence-electron chi connectivity index (χ2n) is 5.46. The van der Waals surface area contributed by atoms with Crippen LogP contribution in [0, 0.1) is 13.8 Å². The Labute approximate surface area is 104 Å². The molecule has 2 nitrogen and oxygen atoms in total. The van der Waals surface area contributed by atoms with Gasteiger partial charge in [-0.15, -0.1) is 0 Å². The van der Waals surface area contributed by atoms with Gasteiger partial charge in [-0.1, -0.05) is 23.8 Å². The number of hydrogen-bond donors (Lipinski definition) is 1. The predicted molar refractivity (Wildman–Crippen MR) is 71.2 cm³/mol. The van der Waals surface area contributed by atoms with Crippen LogP contribution in [0.4, 0.5) is 0 Å². The smallest absolute Gasteiger partial charge is 0.0483 e. The Morgan fingerprint density at radius 2 is 1.94 bits per heavy atom. The Balaban J connectivity index is 1.97. The van der Waals surface area contributed by atoms with E-state index in [0.717, 1.165) is 32.6 Å². The van der Waals surface area contributed by atoms with Gasteiger partial charge in [-0.05, 0) is 44.7 Å². The van der Waals surface area contributed by atoms with Crippen molar-refractivity contribution in [3.05, 3.63) is 34.9 Å². The van der Waals surface area contributed by atoms with Crippen LogP contribution in [0.25, 0.3) is 0 Å². The summed E-state index contributed by atoms with van der Waals surface area (Å²) in [6, 6.07) is 6.68. The summed E-state index contributed by atoms with van der Waals surface area (Å²) in [5, 5.41) is 3.69. The lowest BCUT2D eigenvalue weighted by Crippen LogP contribution is -2.46. The molecule has 0 saturated carbocycles. The number of rotatable bonds is 3. The van der Waals surface area contributed by atoms with Crippen LogP contribution in [0.3, 0.4) is 0 Å². The summed E-state index contributed by atoms with van der Waals surface area (Å²) in [4.78, 5) is 0. The molecule has 2 heteroatoms. The minimum atomic E-state index is 0.246. The van der Waals surface area contributed by atoms with E-state index >= 15 is 0 Å². The van der Waals surface area contributed by atoms with Crippen LogP contribution in [0.5, 0.6) is 0 Å². The molecule has 94 valence electrons. The normalized spacial score (nSPS) is 19.2. The van der Waals surface area contributed by atoms with E-state index in [0.29, 0.717) is 0 Å². The topological polar surface area (TPSA) is 21.3 Å². The zero-order valence-corrected chi connectivity index (χ0v) is 11.2. The van der Waals surface area contributed by atoms with Gasteiger partial charge in [0.05, 0.1) is 0 Å². The van der Waals surface area contributed by atoms with E-state index in [-0.39, 0.29) is 5.54 Å². The van der Waals surface area contributed by atoms with Gasteiger partial charge < -0.3 is 10.1 Å². The largest absolute Gasteiger partial charge is 0.381 e. The molecule has 0 amide bonds. The zero-order chi connectivity index (χ0) is 12.3. The SMILES string of the molecule is Cc1ccc(CNC2(C)CCOCC2)c(C)c1. The van der Waals surface area contributed by atoms with Gasteiger partial charge in [0.1, 0.15) is 0 Å². The van der Waals surface area contributed by atoms with Crippen molar-refractivity contribution in [2.45, 2.75) is 45.7 Å². The second-order valence-corrected chi connectivity index (χ2v) is 5.46. The van der Waals surface area contributed by atoms with Crippen molar-refractivity contribution in [2.75, 3.05) is 13.2 Å². The zero-order valence-electron chi connectivity index (χ0n) is 11.2. The Morgan fingerprint density at radius 1 is 1.24 bits per heavy atom. The minimum absolute atomic E-state index is 0.246. The van der Waals surface area contributed by atoms with E-state index in [1.54, 1.807) is 0 Å². The summed E-state index contributed by atoms with van der Waals surface area (Å²) >= 11 is 0. The van der Waals surface area contributed by atoms with Crippen LogP contribution in [-0.4, -0.2) is 18.8 Å². The highest BCUT2D eigenvalue weighted by Gasteiger charge is 2.26. The van der Waals surface area contributed by atoms with Crippen molar-refractivity contribution in [1.82, 2.24) is 5.32 Å². The number of benzene rings is 1. The average molecular weight is 233 g/mol. The van der Waals surface area contributed by atoms with E-state index in [1.165, 1.54) is 16.7 Å². The van der Waals surface area contributed by atoms with Crippen LogP contribution in [0.1, 0.15) is 36.5 Å². The van der Waals surface area contributed by atoms with Crippen molar-refractivity contribution in [3.63, 3.8) is 0 Å². The molecular formula is C15H23NO. The molecule has 1 fully saturated rings. The third-order valence-electron chi connectivity index (χ3n) is 3.80. The van der Waals surface area contributed by atoms with Crippen molar-refractivity contribution in [1.29, 1.82) is 0 Å². The Kier molecular flexibility index (Phi) is 3.85. The maximum atomic E-state index is 5.42. The van der Waals surface area contributed by atoms with Gasteiger partial charge in [0.25, 0.3) is 0 Å². The van der Waals surface area contributed by atoms with Crippen LogP contribution >= 0.6 is 0 Å². The monoisotopic (exact) mass is 233 g/mol. The first kappa shape index (κ1) is 12.6. The maximum absolute atomic E-state index is 5.42. The van der Waals surface area contributed by atoms with Crippen molar-refractivity contribution in [2.24, 2.45) is 0 Å². The summed E-state index contributed by atoms with van der Waals surface area (Å²) < 4.78 is 5.42. The van der Waals surface area contributed by atoms with Crippen molar-refractivity contribution in [3.8, 4) is 0 Å². The first-order valence-electron chi connectivity index (χ1n) is 6.48. The summed E-state index contributed by atoms with van der Waals surface area (Å²) in [6.07, 6.45) is 2.22. The lowest BCUT2D eigenvalue weighted by atomic mass is 9.92. The molecule has 0 radical (unpaired) electrons. The summed E-state index contributed by atoms with van der Waals surface area (Å²) in [5.74, 6) is 0. The van der Waals surface area contributed by atoms with Gasteiger partial charge >= 0.3 is 0 Å². The van der Waals surface area contributed by atoms with Gasteiger partial charge in [-0.3, -0.25) is 0 Å². The highest BCUT2D eigenvalue weighted by atomic mass is 16.5. The van der Waals surface area contributed by atoms with Crippen molar-refractivity contribution < 1.29 is 4.74 Å². The van der Waals surface area contributed by atoms with E-state index < -0.39 is 0 Å². The maximum Gasteiger partial charge on any atom is 0.0483 e. The third kappa shape index (κ3) is 3.30.